The number of methoxy groups -OCH3 is 1. The first-order chi connectivity index (χ1) is 18.0. The van der Waals surface area contributed by atoms with E-state index in [1.807, 2.05) is 12.1 Å². The lowest BCUT2D eigenvalue weighted by molar-refractivity contribution is 0.145. The van der Waals surface area contributed by atoms with Gasteiger partial charge in [0.05, 0.1) is 23.3 Å². The number of ether oxygens (including phenoxy) is 1. The summed E-state index contributed by atoms with van der Waals surface area (Å²) in [5, 5.41) is 10.8. The van der Waals surface area contributed by atoms with Crippen LogP contribution in [0.15, 0.2) is 42.6 Å². The molecule has 37 heavy (non-hydrogen) atoms. The SMILES string of the molecule is CCCN(CCN1CCN(c2ccc3c(ccn3C(=O)O)c2Cl)CC1)C1CCc2c(cccc2OC)C1. The Balaban J connectivity index is 1.18. The molecule has 8 heteroatoms. The highest BCUT2D eigenvalue weighted by Gasteiger charge is 2.27. The monoisotopic (exact) mass is 524 g/mol. The molecule has 0 bridgehead atoms. The standard InChI is InChI=1S/C29H37ClN4O3/c1-3-12-32(22-7-8-23-21(20-22)5-4-6-27(23)37-2)17-14-31-15-18-33(19-16-31)26-10-9-25-24(28(26)30)11-13-34(25)29(35)36/h4-6,9-11,13,22H,3,7-8,12,14-20H2,1-2H3,(H,35,36). The van der Waals surface area contributed by atoms with Crippen molar-refractivity contribution in [3.63, 3.8) is 0 Å². The molecule has 1 aliphatic carbocycles. The third-order valence-electron chi connectivity index (χ3n) is 8.07. The van der Waals surface area contributed by atoms with Crippen molar-refractivity contribution in [2.45, 2.75) is 38.6 Å². The van der Waals surface area contributed by atoms with Gasteiger partial charge in [0.1, 0.15) is 5.75 Å². The Hall–Kier alpha value is -2.74. The third kappa shape index (κ3) is 5.31. The molecule has 0 radical (unpaired) electrons. The van der Waals surface area contributed by atoms with Gasteiger partial charge in [0.2, 0.25) is 0 Å². The lowest BCUT2D eigenvalue weighted by atomic mass is 9.86. The highest BCUT2D eigenvalue weighted by Crippen LogP contribution is 2.35. The van der Waals surface area contributed by atoms with Crippen molar-refractivity contribution in [3.05, 3.63) is 58.7 Å². The first-order valence-corrected chi connectivity index (χ1v) is 13.8. The van der Waals surface area contributed by atoms with E-state index < -0.39 is 6.09 Å². The molecular formula is C29H37ClN4O3. The summed E-state index contributed by atoms with van der Waals surface area (Å²) in [6.45, 7) is 9.39. The molecule has 1 atom stereocenters. The van der Waals surface area contributed by atoms with E-state index in [-0.39, 0.29) is 0 Å². The van der Waals surface area contributed by atoms with Gasteiger partial charge in [-0.25, -0.2) is 4.79 Å². The number of carboxylic acid groups (broad SMARTS) is 1. The predicted octanol–water partition coefficient (Wildman–Crippen LogP) is 5.22. The average molecular weight is 525 g/mol. The summed E-state index contributed by atoms with van der Waals surface area (Å²) in [7, 11) is 1.77. The Kier molecular flexibility index (Phi) is 7.93. The van der Waals surface area contributed by atoms with Gasteiger partial charge in [-0.2, -0.15) is 0 Å². The van der Waals surface area contributed by atoms with Crippen LogP contribution in [-0.4, -0.2) is 84.5 Å². The fraction of sp³-hybridized carbons (Fsp3) is 0.483. The molecule has 2 aliphatic rings. The second kappa shape index (κ2) is 11.3. The Morgan fingerprint density at radius 3 is 2.68 bits per heavy atom. The van der Waals surface area contributed by atoms with Crippen LogP contribution in [0.1, 0.15) is 30.9 Å². The van der Waals surface area contributed by atoms with Gasteiger partial charge in [-0.1, -0.05) is 30.7 Å². The molecule has 1 N–H and O–H groups in total. The number of anilines is 1. The van der Waals surface area contributed by atoms with Crippen molar-refractivity contribution in [2.75, 3.05) is 57.8 Å². The topological polar surface area (TPSA) is 61.2 Å². The predicted molar refractivity (Wildman–Crippen MR) is 150 cm³/mol. The molecule has 1 aliphatic heterocycles. The van der Waals surface area contributed by atoms with Gasteiger partial charge in [-0.15, -0.1) is 0 Å². The molecule has 3 aromatic rings. The minimum atomic E-state index is -0.998. The Morgan fingerprint density at radius 2 is 1.95 bits per heavy atom. The van der Waals surface area contributed by atoms with Crippen molar-refractivity contribution in [1.82, 2.24) is 14.4 Å². The van der Waals surface area contributed by atoms with E-state index in [0.717, 1.165) is 75.5 Å². The van der Waals surface area contributed by atoms with E-state index in [2.05, 4.69) is 39.8 Å². The zero-order valence-corrected chi connectivity index (χ0v) is 22.6. The molecule has 5 rings (SSSR count). The smallest absolute Gasteiger partial charge is 0.416 e. The number of halogens is 1. The lowest BCUT2D eigenvalue weighted by Crippen LogP contribution is -2.50. The van der Waals surface area contributed by atoms with E-state index in [0.29, 0.717) is 16.6 Å². The number of carbonyl (C=O) groups is 1. The lowest BCUT2D eigenvalue weighted by Gasteiger charge is -2.39. The summed E-state index contributed by atoms with van der Waals surface area (Å²) >= 11 is 6.73. The fourth-order valence-electron chi connectivity index (χ4n) is 6.08. The first-order valence-electron chi connectivity index (χ1n) is 13.4. The van der Waals surface area contributed by atoms with Crippen LogP contribution in [0.5, 0.6) is 5.75 Å². The molecule has 1 aromatic heterocycles. The van der Waals surface area contributed by atoms with Crippen molar-refractivity contribution < 1.29 is 14.6 Å². The van der Waals surface area contributed by atoms with Crippen LogP contribution >= 0.6 is 11.6 Å². The van der Waals surface area contributed by atoms with Crippen molar-refractivity contribution >= 4 is 34.3 Å². The minimum absolute atomic E-state index is 0.587. The summed E-state index contributed by atoms with van der Waals surface area (Å²) in [5.41, 5.74) is 4.45. The summed E-state index contributed by atoms with van der Waals surface area (Å²) in [6.07, 6.45) is 5.10. The number of piperazine rings is 1. The van der Waals surface area contributed by atoms with Crippen LogP contribution in [0.2, 0.25) is 5.02 Å². The summed E-state index contributed by atoms with van der Waals surface area (Å²) < 4.78 is 6.82. The van der Waals surface area contributed by atoms with Gasteiger partial charge in [0, 0.05) is 56.9 Å². The zero-order chi connectivity index (χ0) is 25.9. The van der Waals surface area contributed by atoms with Gasteiger partial charge < -0.3 is 14.7 Å². The molecule has 0 spiro atoms. The van der Waals surface area contributed by atoms with Crippen LogP contribution in [0.25, 0.3) is 10.9 Å². The number of hydrogen-bond donors (Lipinski definition) is 1. The Bertz CT molecular complexity index is 1250. The number of hydrogen-bond acceptors (Lipinski definition) is 5. The highest BCUT2D eigenvalue weighted by atomic mass is 35.5. The molecule has 198 valence electrons. The number of benzene rings is 2. The van der Waals surface area contributed by atoms with E-state index in [1.54, 1.807) is 19.4 Å². The van der Waals surface area contributed by atoms with Gasteiger partial charge in [-0.3, -0.25) is 14.4 Å². The maximum atomic E-state index is 11.4. The van der Waals surface area contributed by atoms with E-state index in [9.17, 15) is 9.90 Å². The van der Waals surface area contributed by atoms with Gasteiger partial charge in [-0.05, 0) is 67.6 Å². The largest absolute Gasteiger partial charge is 0.496 e. The van der Waals surface area contributed by atoms with Crippen LogP contribution in [0.4, 0.5) is 10.5 Å². The molecule has 1 unspecified atom stereocenters. The van der Waals surface area contributed by atoms with Gasteiger partial charge >= 0.3 is 6.09 Å². The third-order valence-corrected chi connectivity index (χ3v) is 8.47. The van der Waals surface area contributed by atoms with Gasteiger partial charge in [0.25, 0.3) is 0 Å². The number of fused-ring (bicyclic) bond motifs is 2. The van der Waals surface area contributed by atoms with E-state index in [4.69, 9.17) is 16.3 Å². The number of aromatic nitrogens is 1. The van der Waals surface area contributed by atoms with Crippen molar-refractivity contribution in [2.24, 2.45) is 0 Å². The maximum absolute atomic E-state index is 11.4. The Morgan fingerprint density at radius 1 is 1.14 bits per heavy atom. The molecule has 0 amide bonds. The summed E-state index contributed by atoms with van der Waals surface area (Å²) in [6, 6.07) is 12.7. The van der Waals surface area contributed by atoms with E-state index >= 15 is 0 Å². The summed E-state index contributed by atoms with van der Waals surface area (Å²) in [4.78, 5) is 19.0. The fourth-order valence-corrected chi connectivity index (χ4v) is 6.42. The molecule has 2 heterocycles. The number of rotatable bonds is 8. The number of nitrogens with zero attached hydrogens (tertiary/aromatic N) is 4. The minimum Gasteiger partial charge on any atom is -0.496 e. The molecule has 1 fully saturated rings. The summed E-state index contributed by atoms with van der Waals surface area (Å²) in [5.74, 6) is 1.04. The second-order valence-electron chi connectivity index (χ2n) is 10.2. The average Bonchev–Trinajstić information content (AvgIpc) is 3.36. The maximum Gasteiger partial charge on any atom is 0.416 e. The first kappa shape index (κ1) is 25.9. The molecule has 7 nitrogen and oxygen atoms in total. The van der Waals surface area contributed by atoms with Crippen molar-refractivity contribution in [3.8, 4) is 5.75 Å². The second-order valence-corrected chi connectivity index (χ2v) is 10.5. The molecule has 1 saturated heterocycles. The molecule has 2 aromatic carbocycles. The van der Waals surface area contributed by atoms with E-state index in [1.165, 1.54) is 28.5 Å². The quantitative estimate of drug-likeness (QED) is 0.436. The normalized spacial score (nSPS) is 18.4. The molecule has 0 saturated carbocycles. The molecular weight excluding hydrogens is 488 g/mol. The van der Waals surface area contributed by atoms with Crippen molar-refractivity contribution in [1.29, 1.82) is 0 Å². The van der Waals surface area contributed by atoms with Gasteiger partial charge in [0.15, 0.2) is 0 Å². The van der Waals surface area contributed by atoms with Crippen LogP contribution in [-0.2, 0) is 12.8 Å². The zero-order valence-electron chi connectivity index (χ0n) is 21.8. The van der Waals surface area contributed by atoms with Crippen LogP contribution in [0, 0.1) is 0 Å². The van der Waals surface area contributed by atoms with Crippen LogP contribution < -0.4 is 9.64 Å². The highest BCUT2D eigenvalue weighted by molar-refractivity contribution is 6.38. The van der Waals surface area contributed by atoms with Crippen LogP contribution in [0.3, 0.4) is 0 Å². The Labute approximate surface area is 224 Å².